The van der Waals surface area contributed by atoms with Crippen molar-refractivity contribution in [1.82, 2.24) is 4.90 Å². The van der Waals surface area contributed by atoms with Crippen molar-refractivity contribution < 1.29 is 9.53 Å². The highest BCUT2D eigenvalue weighted by Crippen LogP contribution is 2.38. The fourth-order valence-corrected chi connectivity index (χ4v) is 4.84. The third kappa shape index (κ3) is 5.45. The van der Waals surface area contributed by atoms with Crippen LogP contribution in [0, 0.1) is 0 Å². The van der Waals surface area contributed by atoms with Crippen LogP contribution in [-0.4, -0.2) is 36.9 Å². The van der Waals surface area contributed by atoms with E-state index in [-0.39, 0.29) is 5.78 Å². The van der Waals surface area contributed by atoms with Gasteiger partial charge in [-0.3, -0.25) is 4.79 Å². The quantitative estimate of drug-likeness (QED) is 0.300. The molecule has 170 valence electrons. The number of ether oxygens (including phenoxy) is 1. The molecule has 0 atom stereocenters. The van der Waals surface area contributed by atoms with Crippen LogP contribution in [0.15, 0.2) is 82.8 Å². The monoisotopic (exact) mass is 503 g/mol. The maximum Gasteiger partial charge on any atom is 0.189 e. The van der Waals surface area contributed by atoms with Crippen molar-refractivity contribution in [1.29, 1.82) is 0 Å². The van der Waals surface area contributed by atoms with E-state index in [9.17, 15) is 4.79 Å². The lowest BCUT2D eigenvalue weighted by Gasteiger charge is -2.24. The molecule has 0 radical (unpaired) electrons. The number of halogens is 1. The van der Waals surface area contributed by atoms with Gasteiger partial charge in [0.15, 0.2) is 5.78 Å². The van der Waals surface area contributed by atoms with Gasteiger partial charge in [0.05, 0.1) is 0 Å². The molecule has 0 bridgehead atoms. The number of ketones is 1. The summed E-state index contributed by atoms with van der Waals surface area (Å²) in [5.74, 6) is 0.954. The molecule has 1 aliphatic carbocycles. The van der Waals surface area contributed by atoms with Crippen LogP contribution in [0.25, 0.3) is 5.57 Å². The lowest BCUT2D eigenvalue weighted by Crippen LogP contribution is -2.27. The zero-order valence-electron chi connectivity index (χ0n) is 19.3. The number of benzene rings is 3. The van der Waals surface area contributed by atoms with Gasteiger partial charge in [-0.05, 0) is 72.5 Å². The molecule has 3 aromatic carbocycles. The number of Topliss-reactive ketones (excluding diaryl/α,β-unsaturated/α-hetero) is 1. The Kier molecular flexibility index (Phi) is 7.79. The molecule has 0 fully saturated rings. The van der Waals surface area contributed by atoms with Gasteiger partial charge in [0.1, 0.15) is 12.4 Å². The summed E-state index contributed by atoms with van der Waals surface area (Å²) >= 11 is 3.50. The van der Waals surface area contributed by atoms with Crippen molar-refractivity contribution in [3.63, 3.8) is 0 Å². The molecule has 0 aromatic heterocycles. The number of nitrogens with zero attached hydrogens (tertiary/aromatic N) is 1. The van der Waals surface area contributed by atoms with Gasteiger partial charge in [0.25, 0.3) is 0 Å². The zero-order chi connectivity index (χ0) is 23.2. The first-order valence-corrected chi connectivity index (χ1v) is 12.5. The summed E-state index contributed by atoms with van der Waals surface area (Å²) in [7, 11) is 0. The molecular formula is C29H30BrNO2. The summed E-state index contributed by atoms with van der Waals surface area (Å²) in [6, 6.07) is 24.3. The van der Waals surface area contributed by atoms with Gasteiger partial charge in [0, 0.05) is 22.2 Å². The molecule has 1 aliphatic rings. The Labute approximate surface area is 205 Å². The lowest BCUT2D eigenvalue weighted by atomic mass is 9.80. The second-order valence-electron chi connectivity index (χ2n) is 8.25. The minimum atomic E-state index is 0.0975. The Morgan fingerprint density at radius 3 is 2.42 bits per heavy atom. The van der Waals surface area contributed by atoms with Crippen molar-refractivity contribution in [3.05, 3.63) is 105 Å². The van der Waals surface area contributed by atoms with Crippen molar-refractivity contribution in [2.75, 3.05) is 26.2 Å². The average molecular weight is 504 g/mol. The Balaban J connectivity index is 1.66. The number of allylic oxidation sites excluding steroid dienone is 1. The van der Waals surface area contributed by atoms with E-state index in [2.05, 4.69) is 71.1 Å². The number of fused-ring (bicyclic) bond motifs is 1. The highest BCUT2D eigenvalue weighted by atomic mass is 79.9. The predicted molar refractivity (Wildman–Crippen MR) is 139 cm³/mol. The van der Waals surface area contributed by atoms with Crippen LogP contribution < -0.4 is 4.74 Å². The number of hydrogen-bond donors (Lipinski definition) is 0. The Morgan fingerprint density at radius 1 is 0.939 bits per heavy atom. The Morgan fingerprint density at radius 2 is 1.70 bits per heavy atom. The number of carbonyl (C=O) groups excluding carboxylic acids is 1. The second kappa shape index (κ2) is 11.0. The molecule has 3 nitrogen and oxygen atoms in total. The predicted octanol–water partition coefficient (Wildman–Crippen LogP) is 6.80. The van der Waals surface area contributed by atoms with E-state index >= 15 is 0 Å². The van der Waals surface area contributed by atoms with E-state index in [0.29, 0.717) is 12.2 Å². The molecule has 0 N–H and O–H groups in total. The van der Waals surface area contributed by atoms with E-state index in [1.54, 1.807) is 0 Å². The van der Waals surface area contributed by atoms with Crippen LogP contribution in [0.5, 0.6) is 5.75 Å². The smallest absolute Gasteiger partial charge is 0.189 e. The van der Waals surface area contributed by atoms with Crippen LogP contribution >= 0.6 is 15.9 Å². The molecule has 0 saturated carbocycles. The molecule has 0 spiro atoms. The second-order valence-corrected chi connectivity index (χ2v) is 9.17. The molecule has 0 aliphatic heterocycles. The van der Waals surface area contributed by atoms with Gasteiger partial charge in [-0.2, -0.15) is 0 Å². The fourth-order valence-electron chi connectivity index (χ4n) is 4.44. The van der Waals surface area contributed by atoms with Gasteiger partial charge in [-0.15, -0.1) is 0 Å². The number of aryl methyl sites for hydroxylation is 1. The summed E-state index contributed by atoms with van der Waals surface area (Å²) in [4.78, 5) is 15.9. The maximum atomic E-state index is 13.6. The zero-order valence-corrected chi connectivity index (χ0v) is 20.9. The maximum absolute atomic E-state index is 13.6. The van der Waals surface area contributed by atoms with Crippen molar-refractivity contribution in [2.45, 2.75) is 26.7 Å². The molecule has 3 aromatic rings. The normalized spacial score (nSPS) is 13.2. The van der Waals surface area contributed by atoms with E-state index in [1.165, 1.54) is 5.56 Å². The van der Waals surface area contributed by atoms with Crippen LogP contribution in [0.2, 0.25) is 0 Å². The Hall–Kier alpha value is -2.69. The summed E-state index contributed by atoms with van der Waals surface area (Å²) in [5.41, 5.74) is 6.12. The Bertz CT molecular complexity index is 1150. The highest BCUT2D eigenvalue weighted by Gasteiger charge is 2.25. The lowest BCUT2D eigenvalue weighted by molar-refractivity contribution is 0.103. The first-order valence-electron chi connectivity index (χ1n) is 11.7. The third-order valence-corrected chi connectivity index (χ3v) is 6.80. The van der Waals surface area contributed by atoms with E-state index < -0.39 is 0 Å². The van der Waals surface area contributed by atoms with Gasteiger partial charge in [-0.25, -0.2) is 0 Å². The van der Waals surface area contributed by atoms with E-state index in [0.717, 1.165) is 65.0 Å². The van der Waals surface area contributed by atoms with Crippen LogP contribution in [0.4, 0.5) is 0 Å². The number of carbonyl (C=O) groups is 1. The standard InChI is InChI=1S/C29H30BrNO2/c1-3-31(4-2)18-19-33-25-15-12-22(13-16-25)28-26-11-6-5-8-21(26)14-17-27(28)29(32)23-9-7-10-24(30)20-23/h5-13,15-16,20H,3-4,14,17-19H2,1-2H3. The molecule has 4 heteroatoms. The highest BCUT2D eigenvalue weighted by molar-refractivity contribution is 9.10. The molecule has 0 heterocycles. The van der Waals surface area contributed by atoms with Gasteiger partial charge < -0.3 is 9.64 Å². The molecule has 0 unspecified atom stereocenters. The summed E-state index contributed by atoms with van der Waals surface area (Å²) in [6.07, 6.45) is 1.61. The van der Waals surface area contributed by atoms with Gasteiger partial charge in [0.2, 0.25) is 0 Å². The molecule has 0 amide bonds. The van der Waals surface area contributed by atoms with Crippen molar-refractivity contribution in [2.24, 2.45) is 0 Å². The number of hydrogen-bond acceptors (Lipinski definition) is 3. The van der Waals surface area contributed by atoms with E-state index in [1.807, 2.05) is 36.4 Å². The number of rotatable bonds is 9. The molecular weight excluding hydrogens is 474 g/mol. The number of likely N-dealkylation sites (N-methyl/N-ethyl adjacent to an activating group) is 1. The first-order chi connectivity index (χ1) is 16.1. The largest absolute Gasteiger partial charge is 0.492 e. The minimum absolute atomic E-state index is 0.0975. The van der Waals surface area contributed by atoms with Gasteiger partial charge >= 0.3 is 0 Å². The minimum Gasteiger partial charge on any atom is -0.492 e. The molecule has 33 heavy (non-hydrogen) atoms. The topological polar surface area (TPSA) is 29.5 Å². The average Bonchev–Trinajstić information content (AvgIpc) is 2.86. The van der Waals surface area contributed by atoms with Crippen LogP contribution in [0.1, 0.15) is 47.3 Å². The summed E-state index contributed by atoms with van der Waals surface area (Å²) in [5, 5.41) is 0. The summed E-state index contributed by atoms with van der Waals surface area (Å²) in [6.45, 7) is 7.97. The van der Waals surface area contributed by atoms with E-state index in [4.69, 9.17) is 4.74 Å². The van der Waals surface area contributed by atoms with Crippen LogP contribution in [-0.2, 0) is 6.42 Å². The third-order valence-electron chi connectivity index (χ3n) is 6.31. The van der Waals surface area contributed by atoms with Crippen molar-refractivity contribution in [3.8, 4) is 5.75 Å². The SMILES string of the molecule is CCN(CC)CCOc1ccc(C2=C(C(=O)c3cccc(Br)c3)CCc3ccccc32)cc1. The fraction of sp³-hybridized carbons (Fsp3) is 0.276. The molecule has 4 rings (SSSR count). The van der Waals surface area contributed by atoms with Crippen LogP contribution in [0.3, 0.4) is 0 Å². The molecule has 0 saturated heterocycles. The van der Waals surface area contributed by atoms with Crippen molar-refractivity contribution >= 4 is 27.3 Å². The van der Waals surface area contributed by atoms with Gasteiger partial charge in [-0.1, -0.05) is 78.3 Å². The first kappa shape index (κ1) is 23.5. The summed E-state index contributed by atoms with van der Waals surface area (Å²) < 4.78 is 6.89.